The van der Waals surface area contributed by atoms with E-state index in [1.165, 1.54) is 0 Å². The van der Waals surface area contributed by atoms with Crippen LogP contribution < -0.4 is 11.1 Å². The molecular weight excluding hydrogens is 292 g/mol. The van der Waals surface area contributed by atoms with Gasteiger partial charge < -0.3 is 20.5 Å². The van der Waals surface area contributed by atoms with Crippen molar-refractivity contribution in [2.45, 2.75) is 63.6 Å². The van der Waals surface area contributed by atoms with Gasteiger partial charge in [-0.2, -0.15) is 0 Å². The van der Waals surface area contributed by atoms with E-state index >= 15 is 0 Å². The molecule has 2 atom stereocenters. The highest BCUT2D eigenvalue weighted by Gasteiger charge is 2.54. The summed E-state index contributed by atoms with van der Waals surface area (Å²) in [5.41, 5.74) is 5.55. The molecule has 21 heavy (non-hydrogen) atoms. The number of ether oxygens (including phenoxy) is 2. The number of hydrogen-bond donors (Lipinski definition) is 2. The second-order valence-corrected chi connectivity index (χ2v) is 6.19. The second-order valence-electron chi connectivity index (χ2n) is 6.19. The summed E-state index contributed by atoms with van der Waals surface area (Å²) in [4.78, 5) is 12.5. The van der Waals surface area contributed by atoms with Gasteiger partial charge in [-0.1, -0.05) is 13.8 Å². The first-order valence-corrected chi connectivity index (χ1v) is 7.73. The molecule has 1 heterocycles. The zero-order valence-electron chi connectivity index (χ0n) is 13.3. The fourth-order valence-electron chi connectivity index (χ4n) is 3.74. The van der Waals surface area contributed by atoms with Crippen LogP contribution in [0.15, 0.2) is 0 Å². The van der Waals surface area contributed by atoms with E-state index in [0.29, 0.717) is 26.1 Å². The van der Waals surface area contributed by atoms with E-state index in [9.17, 15) is 4.79 Å². The van der Waals surface area contributed by atoms with Crippen LogP contribution >= 0.6 is 12.4 Å². The van der Waals surface area contributed by atoms with Crippen molar-refractivity contribution in [2.24, 2.45) is 11.1 Å². The Kier molecular flexibility index (Phi) is 6.47. The van der Waals surface area contributed by atoms with Crippen LogP contribution in [0.3, 0.4) is 0 Å². The second kappa shape index (κ2) is 7.27. The lowest BCUT2D eigenvalue weighted by atomic mass is 9.58. The maximum absolute atomic E-state index is 12.5. The van der Waals surface area contributed by atoms with E-state index in [-0.39, 0.29) is 35.9 Å². The van der Waals surface area contributed by atoms with E-state index < -0.39 is 5.54 Å². The zero-order valence-corrected chi connectivity index (χ0v) is 14.1. The van der Waals surface area contributed by atoms with Crippen LogP contribution in [-0.4, -0.2) is 43.9 Å². The van der Waals surface area contributed by atoms with Gasteiger partial charge in [-0.15, -0.1) is 12.4 Å². The third-order valence-corrected chi connectivity index (χ3v) is 5.53. The van der Waals surface area contributed by atoms with E-state index in [4.69, 9.17) is 15.2 Å². The lowest BCUT2D eigenvalue weighted by molar-refractivity contribution is -0.147. The van der Waals surface area contributed by atoms with Crippen LogP contribution in [0.1, 0.15) is 46.0 Å². The van der Waals surface area contributed by atoms with E-state index in [1.807, 2.05) is 0 Å². The Morgan fingerprint density at radius 2 is 1.90 bits per heavy atom. The van der Waals surface area contributed by atoms with Crippen LogP contribution in [-0.2, 0) is 14.3 Å². The van der Waals surface area contributed by atoms with Gasteiger partial charge in [0, 0.05) is 31.8 Å². The van der Waals surface area contributed by atoms with Gasteiger partial charge in [-0.3, -0.25) is 4.79 Å². The molecule has 1 aliphatic carbocycles. The summed E-state index contributed by atoms with van der Waals surface area (Å²) in [5.74, 6) is -0.0216. The van der Waals surface area contributed by atoms with Crippen LogP contribution in [0.2, 0.25) is 0 Å². The highest BCUT2D eigenvalue weighted by molar-refractivity contribution is 5.86. The van der Waals surface area contributed by atoms with Crippen molar-refractivity contribution in [2.75, 3.05) is 20.3 Å². The van der Waals surface area contributed by atoms with Crippen LogP contribution in [0, 0.1) is 5.41 Å². The normalized spacial score (nSPS) is 29.9. The molecule has 1 aliphatic heterocycles. The molecule has 0 spiro atoms. The van der Waals surface area contributed by atoms with Crippen LogP contribution in [0.25, 0.3) is 0 Å². The Balaban J connectivity index is 0.00000220. The molecule has 1 saturated carbocycles. The Hall–Kier alpha value is -0.360. The number of hydrogen-bond acceptors (Lipinski definition) is 4. The van der Waals surface area contributed by atoms with Crippen molar-refractivity contribution in [3.05, 3.63) is 0 Å². The van der Waals surface area contributed by atoms with Gasteiger partial charge >= 0.3 is 0 Å². The Morgan fingerprint density at radius 1 is 1.33 bits per heavy atom. The van der Waals surface area contributed by atoms with Crippen molar-refractivity contribution < 1.29 is 14.3 Å². The highest BCUT2D eigenvalue weighted by atomic mass is 35.5. The average molecular weight is 321 g/mol. The van der Waals surface area contributed by atoms with Gasteiger partial charge in [0.15, 0.2) is 0 Å². The molecule has 1 amide bonds. The molecule has 3 N–H and O–H groups in total. The Morgan fingerprint density at radius 3 is 2.38 bits per heavy atom. The van der Waals surface area contributed by atoms with Crippen molar-refractivity contribution in [3.63, 3.8) is 0 Å². The maximum Gasteiger partial charge on any atom is 0.240 e. The van der Waals surface area contributed by atoms with Crippen molar-refractivity contribution in [1.82, 2.24) is 5.32 Å². The minimum atomic E-state index is -0.760. The van der Waals surface area contributed by atoms with Gasteiger partial charge in [0.1, 0.15) is 0 Å². The number of nitrogens with two attached hydrogens (primary N) is 1. The molecule has 0 radical (unpaired) electrons. The maximum atomic E-state index is 12.5. The molecule has 2 fully saturated rings. The fourth-order valence-corrected chi connectivity index (χ4v) is 3.74. The van der Waals surface area contributed by atoms with E-state index in [0.717, 1.165) is 19.3 Å². The number of rotatable bonds is 5. The number of methoxy groups -OCH3 is 1. The molecule has 1 saturated heterocycles. The van der Waals surface area contributed by atoms with Gasteiger partial charge in [-0.05, 0) is 32.1 Å². The fraction of sp³-hybridized carbons (Fsp3) is 0.933. The molecule has 2 rings (SSSR count). The topological polar surface area (TPSA) is 73.6 Å². The van der Waals surface area contributed by atoms with Crippen molar-refractivity contribution >= 4 is 18.3 Å². The molecule has 6 heteroatoms. The standard InChI is InChI=1S/C15H28N2O3.ClH/c1-4-14(5-2)11(10-12(14)19-3)17-13(18)15(16)6-8-20-9-7-15;/h11-12H,4-10,16H2,1-3H3,(H,17,18);1H. The first kappa shape index (κ1) is 18.7. The Bertz CT molecular complexity index is 355. The van der Waals surface area contributed by atoms with Crippen molar-refractivity contribution in [3.8, 4) is 0 Å². The first-order chi connectivity index (χ1) is 9.52. The molecule has 5 nitrogen and oxygen atoms in total. The summed E-state index contributed by atoms with van der Waals surface area (Å²) in [6, 6.07) is 0.179. The number of amides is 1. The summed E-state index contributed by atoms with van der Waals surface area (Å²) in [6.45, 7) is 5.48. The third-order valence-electron chi connectivity index (χ3n) is 5.53. The molecule has 0 bridgehead atoms. The quantitative estimate of drug-likeness (QED) is 0.807. The lowest BCUT2D eigenvalue weighted by Crippen LogP contribution is -2.68. The summed E-state index contributed by atoms with van der Waals surface area (Å²) >= 11 is 0. The van der Waals surface area contributed by atoms with Crippen molar-refractivity contribution in [1.29, 1.82) is 0 Å². The number of halogens is 1. The molecular formula is C15H29ClN2O3. The third kappa shape index (κ3) is 3.21. The summed E-state index contributed by atoms with van der Waals surface area (Å²) in [5, 5.41) is 3.18. The van der Waals surface area contributed by atoms with Crippen LogP contribution in [0.5, 0.6) is 0 Å². The highest BCUT2D eigenvalue weighted by Crippen LogP contribution is 2.48. The summed E-state index contributed by atoms with van der Waals surface area (Å²) < 4.78 is 10.9. The number of nitrogens with one attached hydrogen (secondary N) is 1. The van der Waals surface area contributed by atoms with E-state index in [1.54, 1.807) is 7.11 Å². The SMILES string of the molecule is CCC1(CC)C(NC(=O)C2(N)CCOCC2)CC1OC.Cl. The minimum Gasteiger partial charge on any atom is -0.381 e. The molecule has 0 aromatic rings. The molecule has 124 valence electrons. The van der Waals surface area contributed by atoms with Gasteiger partial charge in [0.05, 0.1) is 11.6 Å². The number of carbonyl (C=O) groups excluding carboxylic acids is 1. The predicted molar refractivity (Wildman–Crippen MR) is 84.6 cm³/mol. The van der Waals surface area contributed by atoms with Gasteiger partial charge in [-0.25, -0.2) is 0 Å². The summed E-state index contributed by atoms with van der Waals surface area (Å²) in [6.07, 6.45) is 4.35. The molecule has 2 unspecified atom stereocenters. The van der Waals surface area contributed by atoms with Gasteiger partial charge in [0.2, 0.25) is 5.91 Å². The summed E-state index contributed by atoms with van der Waals surface area (Å²) in [7, 11) is 1.76. The zero-order chi connectivity index (χ0) is 14.8. The van der Waals surface area contributed by atoms with E-state index in [2.05, 4.69) is 19.2 Å². The monoisotopic (exact) mass is 320 g/mol. The minimum absolute atomic E-state index is 0. The van der Waals surface area contributed by atoms with Crippen LogP contribution in [0.4, 0.5) is 0 Å². The van der Waals surface area contributed by atoms with Gasteiger partial charge in [0.25, 0.3) is 0 Å². The Labute approximate surface area is 133 Å². The smallest absolute Gasteiger partial charge is 0.240 e. The molecule has 0 aromatic carbocycles. The molecule has 0 aromatic heterocycles. The lowest BCUT2D eigenvalue weighted by Gasteiger charge is -2.55. The number of carbonyl (C=O) groups is 1. The first-order valence-electron chi connectivity index (χ1n) is 7.73. The average Bonchev–Trinajstić information content (AvgIpc) is 2.45. The predicted octanol–water partition coefficient (Wildman–Crippen LogP) is 1.63. The molecule has 2 aliphatic rings. The largest absolute Gasteiger partial charge is 0.381 e.